The largest absolute Gasteiger partial charge is 0.377 e. The summed E-state index contributed by atoms with van der Waals surface area (Å²) in [6, 6.07) is 14.9. The second-order valence-electron chi connectivity index (χ2n) is 6.16. The fourth-order valence-electron chi connectivity index (χ4n) is 2.71. The molecule has 130 valence electrons. The molecule has 0 spiro atoms. The lowest BCUT2D eigenvalue weighted by atomic mass is 10.1. The molecule has 0 saturated carbocycles. The van der Waals surface area contributed by atoms with E-state index in [-0.39, 0.29) is 0 Å². The predicted octanol–water partition coefficient (Wildman–Crippen LogP) is 4.63. The average molecular weight is 353 g/mol. The van der Waals surface area contributed by atoms with E-state index >= 15 is 0 Å². The summed E-state index contributed by atoms with van der Waals surface area (Å²) in [5.74, 6) is 1.68. The number of aromatic nitrogens is 3. The molecule has 0 unspecified atom stereocenters. The van der Waals surface area contributed by atoms with E-state index in [9.17, 15) is 0 Å². The molecule has 3 aromatic rings. The molecular weight excluding hydrogens is 330 g/mol. The van der Waals surface area contributed by atoms with Crippen LogP contribution < -0.4 is 0 Å². The summed E-state index contributed by atoms with van der Waals surface area (Å²) in [6.07, 6.45) is 0. The highest BCUT2D eigenvalue weighted by Crippen LogP contribution is 2.27. The van der Waals surface area contributed by atoms with Crippen molar-refractivity contribution in [3.05, 3.63) is 70.5 Å². The molecule has 0 aliphatic heterocycles. The van der Waals surface area contributed by atoms with Gasteiger partial charge < -0.3 is 4.74 Å². The molecule has 5 heteroatoms. The number of methoxy groups -OCH3 is 1. The summed E-state index contributed by atoms with van der Waals surface area (Å²) < 4.78 is 7.40. The summed E-state index contributed by atoms with van der Waals surface area (Å²) >= 11 is 1.70. The number of ether oxygens (including phenoxy) is 1. The first kappa shape index (κ1) is 17.7. The summed E-state index contributed by atoms with van der Waals surface area (Å²) in [6.45, 7) is 6.82. The van der Waals surface area contributed by atoms with Gasteiger partial charge in [-0.15, -0.1) is 10.2 Å². The quantitative estimate of drug-likeness (QED) is 0.606. The summed E-state index contributed by atoms with van der Waals surface area (Å²) in [7, 11) is 1.68. The van der Waals surface area contributed by atoms with Crippen molar-refractivity contribution in [2.45, 2.75) is 38.3 Å². The van der Waals surface area contributed by atoms with Crippen LogP contribution in [0.1, 0.15) is 28.1 Å². The average Bonchev–Trinajstić information content (AvgIpc) is 2.99. The van der Waals surface area contributed by atoms with Crippen molar-refractivity contribution in [2.24, 2.45) is 0 Å². The fourth-order valence-corrected chi connectivity index (χ4v) is 3.62. The van der Waals surface area contributed by atoms with Crippen molar-refractivity contribution in [1.29, 1.82) is 0 Å². The third-order valence-corrected chi connectivity index (χ3v) is 5.27. The van der Waals surface area contributed by atoms with E-state index in [1.165, 1.54) is 22.3 Å². The summed E-state index contributed by atoms with van der Waals surface area (Å²) in [5.41, 5.74) is 6.22. The van der Waals surface area contributed by atoms with E-state index in [0.29, 0.717) is 6.61 Å². The smallest absolute Gasteiger partial charge is 0.196 e. The molecule has 1 heterocycles. The second kappa shape index (κ2) is 7.85. The third-order valence-electron chi connectivity index (χ3n) is 4.27. The van der Waals surface area contributed by atoms with E-state index in [4.69, 9.17) is 4.74 Å². The maximum Gasteiger partial charge on any atom is 0.196 e. The van der Waals surface area contributed by atoms with Crippen LogP contribution in [0.5, 0.6) is 0 Å². The van der Waals surface area contributed by atoms with Crippen LogP contribution in [0.4, 0.5) is 0 Å². The highest BCUT2D eigenvalue weighted by atomic mass is 32.2. The van der Waals surface area contributed by atoms with Crippen molar-refractivity contribution >= 4 is 11.8 Å². The third kappa shape index (κ3) is 3.94. The number of para-hydroxylation sites is 1. The van der Waals surface area contributed by atoms with Crippen molar-refractivity contribution in [3.8, 4) is 5.69 Å². The Kier molecular flexibility index (Phi) is 5.56. The van der Waals surface area contributed by atoms with Crippen LogP contribution in [-0.4, -0.2) is 21.9 Å². The lowest BCUT2D eigenvalue weighted by molar-refractivity contribution is 0.176. The molecule has 4 nitrogen and oxygen atoms in total. The Hall–Kier alpha value is -2.11. The molecule has 0 N–H and O–H groups in total. The van der Waals surface area contributed by atoms with Crippen molar-refractivity contribution in [3.63, 3.8) is 0 Å². The zero-order valence-electron chi connectivity index (χ0n) is 15.1. The highest BCUT2D eigenvalue weighted by Gasteiger charge is 2.16. The second-order valence-corrected chi connectivity index (χ2v) is 7.10. The van der Waals surface area contributed by atoms with Crippen molar-refractivity contribution < 1.29 is 4.74 Å². The molecule has 3 rings (SSSR count). The van der Waals surface area contributed by atoms with Crippen LogP contribution in [0.15, 0.2) is 47.6 Å². The van der Waals surface area contributed by atoms with Crippen LogP contribution in [-0.2, 0) is 17.1 Å². The highest BCUT2D eigenvalue weighted by molar-refractivity contribution is 7.98. The Bertz CT molecular complexity index is 873. The fraction of sp³-hybridized carbons (Fsp3) is 0.300. The maximum absolute atomic E-state index is 5.30. The molecule has 0 atom stereocenters. The van der Waals surface area contributed by atoms with Crippen LogP contribution in [0.2, 0.25) is 0 Å². The first-order valence-electron chi connectivity index (χ1n) is 8.28. The minimum Gasteiger partial charge on any atom is -0.377 e. The molecular formula is C20H23N3OS. The predicted molar refractivity (Wildman–Crippen MR) is 102 cm³/mol. The Labute approximate surface area is 153 Å². The Morgan fingerprint density at radius 1 is 0.960 bits per heavy atom. The van der Waals surface area contributed by atoms with Crippen LogP contribution in [0, 0.1) is 20.8 Å². The number of hydrogen-bond acceptors (Lipinski definition) is 4. The van der Waals surface area contributed by atoms with Crippen LogP contribution in [0.25, 0.3) is 5.69 Å². The Morgan fingerprint density at radius 3 is 2.48 bits per heavy atom. The van der Waals surface area contributed by atoms with Gasteiger partial charge >= 0.3 is 0 Å². The van der Waals surface area contributed by atoms with E-state index in [1.807, 2.05) is 12.1 Å². The van der Waals surface area contributed by atoms with Gasteiger partial charge in [-0.25, -0.2) is 0 Å². The van der Waals surface area contributed by atoms with E-state index in [1.54, 1.807) is 18.9 Å². The van der Waals surface area contributed by atoms with E-state index in [2.05, 4.69) is 65.9 Å². The topological polar surface area (TPSA) is 39.9 Å². The molecule has 1 aromatic heterocycles. The minimum absolute atomic E-state index is 0.436. The molecule has 25 heavy (non-hydrogen) atoms. The van der Waals surface area contributed by atoms with Gasteiger partial charge in [-0.2, -0.15) is 0 Å². The normalized spacial score (nSPS) is 11.0. The molecule has 2 aromatic carbocycles. The molecule has 0 saturated heterocycles. The number of hydrogen-bond donors (Lipinski definition) is 0. The van der Waals surface area contributed by atoms with Crippen molar-refractivity contribution in [1.82, 2.24) is 14.8 Å². The molecule has 0 fully saturated rings. The van der Waals surface area contributed by atoms with Gasteiger partial charge in [0.2, 0.25) is 0 Å². The number of rotatable bonds is 6. The van der Waals surface area contributed by atoms with Gasteiger partial charge in [0.15, 0.2) is 11.0 Å². The van der Waals surface area contributed by atoms with E-state index in [0.717, 1.165) is 22.4 Å². The Balaban J connectivity index is 1.91. The molecule has 0 aliphatic carbocycles. The SMILES string of the molecule is COCc1nnc(SCc2ccc(C)c(C)c2)n1-c1ccccc1C. The van der Waals surface area contributed by atoms with Gasteiger partial charge in [-0.1, -0.05) is 48.2 Å². The molecule has 0 radical (unpaired) electrons. The summed E-state index contributed by atoms with van der Waals surface area (Å²) in [5, 5.41) is 9.63. The van der Waals surface area contributed by atoms with Gasteiger partial charge in [0.1, 0.15) is 6.61 Å². The number of aryl methyl sites for hydroxylation is 3. The van der Waals surface area contributed by atoms with Crippen molar-refractivity contribution in [2.75, 3.05) is 7.11 Å². The summed E-state index contributed by atoms with van der Waals surface area (Å²) in [4.78, 5) is 0. The van der Waals surface area contributed by atoms with Gasteiger partial charge in [0, 0.05) is 12.9 Å². The van der Waals surface area contributed by atoms with Crippen LogP contribution >= 0.6 is 11.8 Å². The van der Waals surface area contributed by atoms with Gasteiger partial charge in [-0.3, -0.25) is 4.57 Å². The minimum atomic E-state index is 0.436. The lowest BCUT2D eigenvalue weighted by Crippen LogP contribution is -2.05. The molecule has 0 amide bonds. The number of benzene rings is 2. The zero-order valence-corrected chi connectivity index (χ0v) is 15.9. The number of nitrogens with zero attached hydrogens (tertiary/aromatic N) is 3. The first-order chi connectivity index (χ1) is 12.1. The Morgan fingerprint density at radius 2 is 1.76 bits per heavy atom. The van der Waals surface area contributed by atoms with Gasteiger partial charge in [0.25, 0.3) is 0 Å². The first-order valence-corrected chi connectivity index (χ1v) is 9.27. The molecule has 0 bridgehead atoms. The molecule has 0 aliphatic rings. The number of thioether (sulfide) groups is 1. The van der Waals surface area contributed by atoms with Gasteiger partial charge in [-0.05, 0) is 49.1 Å². The van der Waals surface area contributed by atoms with E-state index < -0.39 is 0 Å². The zero-order chi connectivity index (χ0) is 17.8. The van der Waals surface area contributed by atoms with Crippen LogP contribution in [0.3, 0.4) is 0 Å². The monoisotopic (exact) mass is 353 g/mol. The van der Waals surface area contributed by atoms with Gasteiger partial charge in [0.05, 0.1) is 5.69 Å². The standard InChI is InChI=1S/C20H23N3OS/c1-14-9-10-17(11-16(14)3)13-25-20-22-21-19(12-24-4)23(20)18-8-6-5-7-15(18)2/h5-11H,12-13H2,1-4H3. The lowest BCUT2D eigenvalue weighted by Gasteiger charge is -2.12. The maximum atomic E-state index is 5.30.